The lowest BCUT2D eigenvalue weighted by Crippen LogP contribution is -2.33. The van der Waals surface area contributed by atoms with Gasteiger partial charge in [0.25, 0.3) is 0 Å². The first-order chi connectivity index (χ1) is 9.81. The molecule has 0 bridgehead atoms. The minimum absolute atomic E-state index is 0.0834. The van der Waals surface area contributed by atoms with Crippen LogP contribution in [0.25, 0.3) is 0 Å². The summed E-state index contributed by atoms with van der Waals surface area (Å²) in [5.41, 5.74) is 5.55. The number of hydrogen-bond donors (Lipinski definition) is 2. The predicted octanol–water partition coefficient (Wildman–Crippen LogP) is 3.28. The summed E-state index contributed by atoms with van der Waals surface area (Å²) in [7, 11) is -3.72. The minimum Gasteiger partial charge on any atom is -0.398 e. The first kappa shape index (κ1) is 16.7. The zero-order valence-corrected chi connectivity index (χ0v) is 14.3. The van der Waals surface area contributed by atoms with E-state index in [1.54, 1.807) is 0 Å². The first-order valence-electron chi connectivity index (χ1n) is 7.05. The fourth-order valence-corrected chi connectivity index (χ4v) is 4.49. The molecule has 0 heterocycles. The van der Waals surface area contributed by atoms with Crippen molar-refractivity contribution in [1.29, 1.82) is 0 Å². The van der Waals surface area contributed by atoms with Crippen molar-refractivity contribution in [3.05, 3.63) is 22.4 Å². The summed E-state index contributed by atoms with van der Waals surface area (Å²) in [6.07, 6.45) is 4.52. The van der Waals surface area contributed by atoms with Crippen molar-refractivity contribution in [3.8, 4) is 0 Å². The van der Waals surface area contributed by atoms with Crippen LogP contribution in [0, 0.1) is 17.7 Å². The molecule has 1 aliphatic carbocycles. The van der Waals surface area contributed by atoms with Gasteiger partial charge < -0.3 is 5.73 Å². The average molecular weight is 379 g/mol. The number of nitrogen functional groups attached to an aromatic ring is 1. The Morgan fingerprint density at radius 1 is 1.38 bits per heavy atom. The van der Waals surface area contributed by atoms with Gasteiger partial charge in [0.2, 0.25) is 10.0 Å². The van der Waals surface area contributed by atoms with E-state index in [4.69, 9.17) is 5.73 Å². The van der Waals surface area contributed by atoms with Crippen LogP contribution in [-0.4, -0.2) is 15.0 Å². The molecule has 1 aromatic carbocycles. The number of rotatable bonds is 4. The van der Waals surface area contributed by atoms with Crippen LogP contribution in [0.1, 0.15) is 32.6 Å². The predicted molar refractivity (Wildman–Crippen MR) is 84.8 cm³/mol. The van der Waals surface area contributed by atoms with Crippen molar-refractivity contribution >= 4 is 31.6 Å². The Morgan fingerprint density at radius 2 is 2.05 bits per heavy atom. The van der Waals surface area contributed by atoms with E-state index in [2.05, 4.69) is 27.6 Å². The van der Waals surface area contributed by atoms with E-state index in [-0.39, 0.29) is 15.1 Å². The van der Waals surface area contributed by atoms with Crippen molar-refractivity contribution in [2.75, 3.05) is 12.3 Å². The quantitative estimate of drug-likeness (QED) is 0.789. The Bertz CT molecular complexity index is 622. The largest absolute Gasteiger partial charge is 0.398 e. The Kier molecular flexibility index (Phi) is 5.27. The van der Waals surface area contributed by atoms with Gasteiger partial charge in [0.1, 0.15) is 10.7 Å². The highest BCUT2D eigenvalue weighted by atomic mass is 79.9. The van der Waals surface area contributed by atoms with Crippen molar-refractivity contribution in [2.45, 2.75) is 37.5 Å². The second-order valence-electron chi connectivity index (χ2n) is 5.68. The number of benzene rings is 1. The third kappa shape index (κ3) is 3.96. The Balaban J connectivity index is 2.13. The highest BCUT2D eigenvalue weighted by Crippen LogP contribution is 2.30. The first-order valence-corrected chi connectivity index (χ1v) is 9.33. The average Bonchev–Trinajstić information content (AvgIpc) is 2.42. The Labute approximate surface area is 133 Å². The molecule has 3 N–H and O–H groups in total. The van der Waals surface area contributed by atoms with Crippen molar-refractivity contribution < 1.29 is 12.8 Å². The van der Waals surface area contributed by atoms with Crippen LogP contribution in [0.3, 0.4) is 0 Å². The molecule has 0 spiro atoms. The molecule has 0 radical (unpaired) electrons. The molecular formula is C14H20BrFN2O2S. The topological polar surface area (TPSA) is 72.2 Å². The summed E-state index contributed by atoms with van der Waals surface area (Å²) in [5.74, 6) is 0.282. The fraction of sp³-hybridized carbons (Fsp3) is 0.571. The maximum Gasteiger partial charge on any atom is 0.242 e. The summed E-state index contributed by atoms with van der Waals surface area (Å²) in [6.45, 7) is 2.55. The molecule has 2 atom stereocenters. The van der Waals surface area contributed by atoms with Crippen LogP contribution in [0.2, 0.25) is 0 Å². The summed E-state index contributed by atoms with van der Waals surface area (Å²) in [6, 6.07) is 2.22. The normalized spacial score (nSPS) is 23.2. The van der Waals surface area contributed by atoms with Gasteiger partial charge in [0.15, 0.2) is 0 Å². The summed E-state index contributed by atoms with van der Waals surface area (Å²) >= 11 is 2.99. The third-order valence-electron chi connectivity index (χ3n) is 4.17. The van der Waals surface area contributed by atoms with Gasteiger partial charge in [-0.15, -0.1) is 0 Å². The number of anilines is 1. The van der Waals surface area contributed by atoms with Gasteiger partial charge >= 0.3 is 0 Å². The molecule has 4 nitrogen and oxygen atoms in total. The maximum absolute atomic E-state index is 13.3. The molecule has 7 heteroatoms. The minimum atomic E-state index is -3.72. The molecule has 2 rings (SSSR count). The molecule has 0 aromatic heterocycles. The van der Waals surface area contributed by atoms with Crippen LogP contribution < -0.4 is 10.5 Å². The number of halogens is 2. The lowest BCUT2D eigenvalue weighted by Gasteiger charge is -2.28. The zero-order valence-electron chi connectivity index (χ0n) is 11.9. The lowest BCUT2D eigenvalue weighted by molar-refractivity contribution is 0.257. The molecule has 0 aliphatic heterocycles. The SMILES string of the molecule is CC1CCCCC1CNS(=O)(=O)c1cc(Br)c(F)cc1N. The third-order valence-corrected chi connectivity index (χ3v) is 6.25. The van der Waals surface area contributed by atoms with Gasteiger partial charge in [-0.1, -0.05) is 26.2 Å². The molecule has 118 valence electrons. The highest BCUT2D eigenvalue weighted by molar-refractivity contribution is 9.10. The molecule has 21 heavy (non-hydrogen) atoms. The van der Waals surface area contributed by atoms with Gasteiger partial charge in [-0.2, -0.15) is 0 Å². The molecule has 1 saturated carbocycles. The smallest absolute Gasteiger partial charge is 0.242 e. The van der Waals surface area contributed by atoms with E-state index in [1.165, 1.54) is 12.5 Å². The molecule has 0 amide bonds. The highest BCUT2D eigenvalue weighted by Gasteiger charge is 2.25. The van der Waals surface area contributed by atoms with Gasteiger partial charge in [-0.05, 0) is 46.3 Å². The van der Waals surface area contributed by atoms with E-state index >= 15 is 0 Å². The van der Waals surface area contributed by atoms with Crippen LogP contribution >= 0.6 is 15.9 Å². The number of nitrogens with one attached hydrogen (secondary N) is 1. The van der Waals surface area contributed by atoms with E-state index < -0.39 is 15.8 Å². The molecule has 1 aliphatic rings. The van der Waals surface area contributed by atoms with E-state index in [9.17, 15) is 12.8 Å². The fourth-order valence-electron chi connectivity index (χ4n) is 2.77. The Morgan fingerprint density at radius 3 is 2.71 bits per heavy atom. The lowest BCUT2D eigenvalue weighted by atomic mass is 9.81. The van der Waals surface area contributed by atoms with Gasteiger partial charge in [0, 0.05) is 6.54 Å². The van der Waals surface area contributed by atoms with Crippen LogP contribution in [0.4, 0.5) is 10.1 Å². The summed E-state index contributed by atoms with van der Waals surface area (Å²) in [4.78, 5) is -0.0840. The van der Waals surface area contributed by atoms with Crippen molar-refractivity contribution in [3.63, 3.8) is 0 Å². The van der Waals surface area contributed by atoms with E-state index in [0.717, 1.165) is 25.3 Å². The maximum atomic E-state index is 13.3. The van der Waals surface area contributed by atoms with Gasteiger partial charge in [0.05, 0.1) is 10.2 Å². The molecule has 2 unspecified atom stereocenters. The molecule has 1 fully saturated rings. The standard InChI is InChI=1S/C14H20BrFN2O2S/c1-9-4-2-3-5-10(9)8-18-21(19,20)14-6-11(15)12(16)7-13(14)17/h6-7,9-10,18H,2-5,8,17H2,1H3. The van der Waals surface area contributed by atoms with Crippen molar-refractivity contribution in [2.24, 2.45) is 11.8 Å². The second kappa shape index (κ2) is 6.62. The van der Waals surface area contributed by atoms with Gasteiger partial charge in [-0.3, -0.25) is 0 Å². The van der Waals surface area contributed by atoms with Gasteiger partial charge in [-0.25, -0.2) is 17.5 Å². The molecule has 0 saturated heterocycles. The monoisotopic (exact) mass is 378 g/mol. The molecule has 1 aromatic rings. The van der Waals surface area contributed by atoms with E-state index in [1.807, 2.05) is 0 Å². The zero-order chi connectivity index (χ0) is 15.6. The summed E-state index contributed by atoms with van der Waals surface area (Å²) < 4.78 is 40.7. The van der Waals surface area contributed by atoms with Crippen LogP contribution in [0.15, 0.2) is 21.5 Å². The number of sulfonamides is 1. The summed E-state index contributed by atoms with van der Waals surface area (Å²) in [5, 5.41) is 0. The number of hydrogen-bond acceptors (Lipinski definition) is 3. The van der Waals surface area contributed by atoms with Crippen LogP contribution in [-0.2, 0) is 10.0 Å². The molecular weight excluding hydrogens is 359 g/mol. The van der Waals surface area contributed by atoms with Crippen molar-refractivity contribution in [1.82, 2.24) is 4.72 Å². The van der Waals surface area contributed by atoms with E-state index in [0.29, 0.717) is 18.4 Å². The van der Waals surface area contributed by atoms with Crippen LogP contribution in [0.5, 0.6) is 0 Å². The number of nitrogens with two attached hydrogens (primary N) is 1. The Hall–Kier alpha value is -0.660. The second-order valence-corrected chi connectivity index (χ2v) is 8.27.